The molecule has 2 fully saturated rings. The third-order valence-corrected chi connectivity index (χ3v) is 6.17. The molecule has 35 heavy (non-hydrogen) atoms. The van der Waals surface area contributed by atoms with Crippen molar-refractivity contribution in [3.8, 4) is 5.75 Å². The number of hydrogen-bond acceptors (Lipinski definition) is 5. The predicted octanol–water partition coefficient (Wildman–Crippen LogP) is 4.50. The van der Waals surface area contributed by atoms with Crippen LogP contribution in [0.25, 0.3) is 0 Å². The Labute approximate surface area is 211 Å². The molecular weight excluding hydrogens is 442 g/mol. The number of hydrogen-bond donors (Lipinski definition) is 2. The van der Waals surface area contributed by atoms with Crippen molar-refractivity contribution in [2.45, 2.75) is 59.9 Å². The number of ether oxygens (including phenoxy) is 1. The number of carbonyl (C=O) groups is 2. The van der Waals surface area contributed by atoms with Crippen LogP contribution in [0.4, 0.5) is 0 Å². The highest BCUT2D eigenvalue weighted by atomic mass is 16.5. The van der Waals surface area contributed by atoms with E-state index in [1.807, 2.05) is 4.90 Å². The first-order chi connectivity index (χ1) is 16.6. The largest absolute Gasteiger partial charge is 0.493 e. The summed E-state index contributed by atoms with van der Waals surface area (Å²) >= 11 is 0. The molecule has 1 atom stereocenters. The summed E-state index contributed by atoms with van der Waals surface area (Å²) in [5.74, 6) is 1.73. The molecule has 196 valence electrons. The summed E-state index contributed by atoms with van der Waals surface area (Å²) in [5, 5.41) is 12.5. The Balaban J connectivity index is 0.00000100. The predicted molar refractivity (Wildman–Crippen MR) is 141 cm³/mol. The molecule has 7 heteroatoms. The highest BCUT2D eigenvalue weighted by Gasteiger charge is 2.28. The average molecular weight is 488 g/mol. The van der Waals surface area contributed by atoms with Gasteiger partial charge in [0.2, 0.25) is 5.91 Å². The zero-order valence-electron chi connectivity index (χ0n) is 22.3. The Hall–Kier alpha value is -2.54. The van der Waals surface area contributed by atoms with Crippen LogP contribution in [0.5, 0.6) is 5.75 Å². The van der Waals surface area contributed by atoms with Gasteiger partial charge in [0.1, 0.15) is 5.75 Å². The minimum atomic E-state index is -0.941. The summed E-state index contributed by atoms with van der Waals surface area (Å²) in [5.41, 5.74) is 1.28. The molecule has 1 aromatic carbocycles. The molecule has 2 aliphatic heterocycles. The molecule has 0 bridgehead atoms. The van der Waals surface area contributed by atoms with E-state index in [0.717, 1.165) is 57.1 Å². The van der Waals surface area contributed by atoms with E-state index in [1.165, 1.54) is 0 Å². The first kappa shape index (κ1) is 28.7. The number of aromatic carboxylic acids is 1. The van der Waals surface area contributed by atoms with Crippen molar-refractivity contribution in [2.24, 2.45) is 17.8 Å². The van der Waals surface area contributed by atoms with Gasteiger partial charge in [-0.2, -0.15) is 0 Å². The van der Waals surface area contributed by atoms with E-state index in [4.69, 9.17) is 9.84 Å². The second kappa shape index (κ2) is 14.1. The zero-order chi connectivity index (χ0) is 26.0. The van der Waals surface area contributed by atoms with Gasteiger partial charge in [-0.3, -0.25) is 4.79 Å². The van der Waals surface area contributed by atoms with Gasteiger partial charge in [0.25, 0.3) is 0 Å². The van der Waals surface area contributed by atoms with Crippen molar-refractivity contribution in [3.05, 3.63) is 42.1 Å². The number of likely N-dealkylation sites (tertiary alicyclic amines) is 1. The molecule has 1 aromatic rings. The highest BCUT2D eigenvalue weighted by Crippen LogP contribution is 2.22. The molecule has 2 heterocycles. The van der Waals surface area contributed by atoms with Gasteiger partial charge in [0.05, 0.1) is 18.7 Å². The molecule has 1 amide bonds. The van der Waals surface area contributed by atoms with Gasteiger partial charge in [-0.25, -0.2) is 4.79 Å². The van der Waals surface area contributed by atoms with Crippen LogP contribution in [0.3, 0.4) is 0 Å². The van der Waals surface area contributed by atoms with Crippen molar-refractivity contribution in [3.63, 3.8) is 0 Å². The molecule has 0 aliphatic carbocycles. The number of rotatable bonds is 8. The Morgan fingerprint density at radius 2 is 1.69 bits per heavy atom. The molecule has 0 radical (unpaired) electrons. The first-order valence-corrected chi connectivity index (χ1v) is 13.0. The van der Waals surface area contributed by atoms with Crippen LogP contribution in [0, 0.1) is 17.8 Å². The summed E-state index contributed by atoms with van der Waals surface area (Å²) in [4.78, 5) is 27.9. The Bertz CT molecular complexity index is 811. The fourth-order valence-electron chi connectivity index (χ4n) is 4.25. The van der Waals surface area contributed by atoms with Gasteiger partial charge in [-0.1, -0.05) is 41.2 Å². The molecule has 3 rings (SSSR count). The number of piperidine rings is 1. The second-order valence-electron chi connectivity index (χ2n) is 10.7. The zero-order valence-corrected chi connectivity index (χ0v) is 22.3. The van der Waals surface area contributed by atoms with E-state index in [1.54, 1.807) is 24.3 Å². The maximum absolute atomic E-state index is 12.9. The SMILES string of the molecule is C=C1C(CC(C)C)NCCN1CC(=O)N1CCC(COc2ccc(C(=O)O)cc2)CC1.CC(C)C. The minimum Gasteiger partial charge on any atom is -0.493 e. The lowest BCUT2D eigenvalue weighted by Crippen LogP contribution is -2.52. The highest BCUT2D eigenvalue weighted by molar-refractivity contribution is 5.87. The van der Waals surface area contributed by atoms with E-state index in [0.29, 0.717) is 30.7 Å². The van der Waals surface area contributed by atoms with Gasteiger partial charge >= 0.3 is 5.97 Å². The first-order valence-electron chi connectivity index (χ1n) is 13.0. The maximum Gasteiger partial charge on any atom is 0.335 e. The minimum absolute atomic E-state index is 0.176. The van der Waals surface area contributed by atoms with Crippen LogP contribution in [-0.4, -0.2) is 72.2 Å². The van der Waals surface area contributed by atoms with Gasteiger partial charge < -0.3 is 25.0 Å². The number of nitrogens with one attached hydrogen (secondary N) is 1. The number of carboxylic acids is 1. The number of carbonyl (C=O) groups excluding carboxylic acids is 1. The monoisotopic (exact) mass is 487 g/mol. The fourth-order valence-corrected chi connectivity index (χ4v) is 4.25. The van der Waals surface area contributed by atoms with Gasteiger partial charge in [-0.15, -0.1) is 0 Å². The molecule has 2 aliphatic rings. The van der Waals surface area contributed by atoms with Crippen molar-refractivity contribution < 1.29 is 19.4 Å². The molecule has 0 spiro atoms. The normalized spacial score (nSPS) is 18.9. The Morgan fingerprint density at radius 1 is 1.09 bits per heavy atom. The van der Waals surface area contributed by atoms with E-state index in [9.17, 15) is 9.59 Å². The average Bonchev–Trinajstić information content (AvgIpc) is 2.80. The standard InChI is InChI=1S/C24H35N3O4.C4H10/c1-17(2)14-22-18(3)27(13-10-25-22)15-23(28)26-11-8-19(9-12-26)16-31-21-6-4-20(5-7-21)24(29)30;1-4(2)3/h4-7,17,19,22,25H,3,8-16H2,1-2H3,(H,29,30);4H,1-3H3. The van der Waals surface area contributed by atoms with E-state index in [-0.39, 0.29) is 17.5 Å². The van der Waals surface area contributed by atoms with Crippen LogP contribution in [0.1, 0.15) is 64.2 Å². The van der Waals surface area contributed by atoms with Gasteiger partial charge in [0, 0.05) is 37.9 Å². The molecular formula is C28H45N3O4. The Kier molecular flexibility index (Phi) is 11.6. The number of amides is 1. The molecule has 0 aromatic heterocycles. The van der Waals surface area contributed by atoms with E-state index < -0.39 is 5.97 Å². The van der Waals surface area contributed by atoms with Crippen LogP contribution in [0.2, 0.25) is 0 Å². The molecule has 0 saturated carbocycles. The van der Waals surface area contributed by atoms with E-state index in [2.05, 4.69) is 51.4 Å². The van der Waals surface area contributed by atoms with Crippen molar-refractivity contribution in [2.75, 3.05) is 39.3 Å². The van der Waals surface area contributed by atoms with E-state index >= 15 is 0 Å². The second-order valence-corrected chi connectivity index (χ2v) is 10.7. The topological polar surface area (TPSA) is 82.1 Å². The quantitative estimate of drug-likeness (QED) is 0.562. The van der Waals surface area contributed by atoms with Crippen molar-refractivity contribution in [1.29, 1.82) is 0 Å². The summed E-state index contributed by atoms with van der Waals surface area (Å²) < 4.78 is 5.83. The number of carboxylic acid groups (broad SMARTS) is 1. The summed E-state index contributed by atoms with van der Waals surface area (Å²) in [6.45, 7) is 19.4. The van der Waals surface area contributed by atoms with Crippen molar-refractivity contribution >= 4 is 11.9 Å². The number of nitrogens with zero attached hydrogens (tertiary/aromatic N) is 2. The molecule has 2 saturated heterocycles. The van der Waals surface area contributed by atoms with Crippen LogP contribution < -0.4 is 10.1 Å². The third-order valence-electron chi connectivity index (χ3n) is 6.17. The van der Waals surface area contributed by atoms with Crippen LogP contribution >= 0.6 is 0 Å². The lowest BCUT2D eigenvalue weighted by Gasteiger charge is -2.39. The van der Waals surface area contributed by atoms with Crippen molar-refractivity contribution in [1.82, 2.24) is 15.1 Å². The number of piperazine rings is 1. The molecule has 2 N–H and O–H groups in total. The van der Waals surface area contributed by atoms with Crippen LogP contribution in [0.15, 0.2) is 36.5 Å². The Morgan fingerprint density at radius 3 is 2.23 bits per heavy atom. The molecule has 7 nitrogen and oxygen atoms in total. The lowest BCUT2D eigenvalue weighted by atomic mass is 9.97. The summed E-state index contributed by atoms with van der Waals surface area (Å²) in [7, 11) is 0. The molecule has 1 unspecified atom stereocenters. The van der Waals surface area contributed by atoms with Crippen LogP contribution in [-0.2, 0) is 4.79 Å². The lowest BCUT2D eigenvalue weighted by molar-refractivity contribution is -0.133. The smallest absolute Gasteiger partial charge is 0.335 e. The van der Waals surface area contributed by atoms with Gasteiger partial charge in [-0.05, 0) is 61.3 Å². The number of benzene rings is 1. The summed E-state index contributed by atoms with van der Waals surface area (Å²) in [6.07, 6.45) is 2.86. The third kappa shape index (κ3) is 9.92. The maximum atomic E-state index is 12.9. The van der Waals surface area contributed by atoms with Gasteiger partial charge in [0.15, 0.2) is 0 Å². The fraction of sp³-hybridized carbons (Fsp3) is 0.643. The summed E-state index contributed by atoms with van der Waals surface area (Å²) in [6, 6.07) is 6.74.